The molecule has 0 aliphatic carbocycles. The summed E-state index contributed by atoms with van der Waals surface area (Å²) in [4.78, 5) is 21.4. The minimum Gasteiger partial charge on any atom is -0.496 e. The lowest BCUT2D eigenvalue weighted by atomic mass is 10.0. The molecule has 1 aliphatic rings. The Balaban J connectivity index is 1.74. The van der Waals surface area contributed by atoms with Gasteiger partial charge in [-0.15, -0.1) is 0 Å². The van der Waals surface area contributed by atoms with Gasteiger partial charge >= 0.3 is 0 Å². The molecule has 2 heterocycles. The highest BCUT2D eigenvalue weighted by Gasteiger charge is 2.28. The van der Waals surface area contributed by atoms with E-state index in [2.05, 4.69) is 9.88 Å². The van der Waals surface area contributed by atoms with E-state index >= 15 is 0 Å². The number of amides is 1. The Hall–Kier alpha value is -2.56. The van der Waals surface area contributed by atoms with Gasteiger partial charge in [-0.2, -0.15) is 0 Å². The molecular formula is C19H23N3O2. The number of hydrogen-bond acceptors (Lipinski definition) is 4. The van der Waals surface area contributed by atoms with Crippen LogP contribution < -0.4 is 9.64 Å². The highest BCUT2D eigenvalue weighted by Crippen LogP contribution is 2.24. The van der Waals surface area contributed by atoms with Crippen LogP contribution in [0.5, 0.6) is 5.75 Å². The number of benzene rings is 1. The molecule has 0 spiro atoms. The third-order valence-electron chi connectivity index (χ3n) is 4.58. The van der Waals surface area contributed by atoms with Crippen LogP contribution in [0.1, 0.15) is 23.2 Å². The number of pyridine rings is 1. The Morgan fingerprint density at radius 3 is 2.79 bits per heavy atom. The summed E-state index contributed by atoms with van der Waals surface area (Å²) in [5, 5.41) is 0. The monoisotopic (exact) mass is 325 g/mol. The molecule has 1 aromatic carbocycles. The van der Waals surface area contributed by atoms with Crippen LogP contribution in [0.3, 0.4) is 0 Å². The quantitative estimate of drug-likeness (QED) is 0.867. The molecule has 1 aromatic heterocycles. The molecule has 0 bridgehead atoms. The van der Waals surface area contributed by atoms with Crippen LogP contribution >= 0.6 is 0 Å². The van der Waals surface area contributed by atoms with Gasteiger partial charge in [0.05, 0.1) is 12.7 Å². The zero-order valence-electron chi connectivity index (χ0n) is 14.2. The van der Waals surface area contributed by atoms with Gasteiger partial charge in [-0.25, -0.2) is 4.98 Å². The van der Waals surface area contributed by atoms with E-state index in [1.54, 1.807) is 7.11 Å². The molecule has 3 rings (SSSR count). The van der Waals surface area contributed by atoms with E-state index < -0.39 is 0 Å². The van der Waals surface area contributed by atoms with Crippen LogP contribution in [-0.4, -0.2) is 49.1 Å². The second kappa shape index (κ2) is 7.34. The highest BCUT2D eigenvalue weighted by atomic mass is 16.5. The van der Waals surface area contributed by atoms with Crippen molar-refractivity contribution in [2.24, 2.45) is 0 Å². The fourth-order valence-electron chi connectivity index (χ4n) is 3.20. The molecule has 1 aliphatic heterocycles. The van der Waals surface area contributed by atoms with Gasteiger partial charge in [-0.1, -0.05) is 18.2 Å². The number of carbonyl (C=O) groups excluding carboxylic acids is 1. The second-order valence-electron chi connectivity index (χ2n) is 6.05. The first-order valence-electron chi connectivity index (χ1n) is 8.27. The van der Waals surface area contributed by atoms with Gasteiger partial charge in [0.2, 0.25) is 0 Å². The number of hydrogen-bond donors (Lipinski definition) is 0. The predicted molar refractivity (Wildman–Crippen MR) is 94.6 cm³/mol. The van der Waals surface area contributed by atoms with Crippen LogP contribution in [0.15, 0.2) is 48.7 Å². The average molecular weight is 325 g/mol. The minimum atomic E-state index is 0.000297. The third-order valence-corrected chi connectivity index (χ3v) is 4.58. The summed E-state index contributed by atoms with van der Waals surface area (Å²) in [7, 11) is 3.47. The number of likely N-dealkylation sites (N-methyl/N-ethyl adjacent to an activating group) is 1. The van der Waals surface area contributed by atoms with E-state index in [1.165, 1.54) is 0 Å². The van der Waals surface area contributed by atoms with Crippen LogP contribution in [-0.2, 0) is 0 Å². The number of methoxy groups -OCH3 is 1. The summed E-state index contributed by atoms with van der Waals surface area (Å²) in [6.07, 6.45) is 3.86. The molecule has 1 unspecified atom stereocenters. The summed E-state index contributed by atoms with van der Waals surface area (Å²) in [6.45, 7) is 1.78. The maximum absolute atomic E-state index is 12.9. The van der Waals surface area contributed by atoms with E-state index in [1.807, 2.05) is 60.6 Å². The molecule has 1 atom stereocenters. The lowest BCUT2D eigenvalue weighted by Gasteiger charge is -2.38. The number of para-hydroxylation sites is 1. The van der Waals surface area contributed by atoms with E-state index in [4.69, 9.17) is 4.74 Å². The Kier molecular flexibility index (Phi) is 4.99. The van der Waals surface area contributed by atoms with Crippen LogP contribution in [0, 0.1) is 0 Å². The molecule has 0 saturated carbocycles. The molecular weight excluding hydrogens is 302 g/mol. The summed E-state index contributed by atoms with van der Waals surface area (Å²) in [5.74, 6) is 1.59. The van der Waals surface area contributed by atoms with Gasteiger partial charge in [0, 0.05) is 32.4 Å². The van der Waals surface area contributed by atoms with Crippen molar-refractivity contribution in [1.29, 1.82) is 0 Å². The Morgan fingerprint density at radius 2 is 2.04 bits per heavy atom. The topological polar surface area (TPSA) is 45.7 Å². The largest absolute Gasteiger partial charge is 0.496 e. The number of aromatic nitrogens is 1. The van der Waals surface area contributed by atoms with E-state index in [0.717, 1.165) is 31.7 Å². The Labute approximate surface area is 142 Å². The summed E-state index contributed by atoms with van der Waals surface area (Å²) < 4.78 is 5.33. The van der Waals surface area contributed by atoms with Crippen molar-refractivity contribution < 1.29 is 9.53 Å². The van der Waals surface area contributed by atoms with Crippen molar-refractivity contribution in [3.05, 3.63) is 54.2 Å². The van der Waals surface area contributed by atoms with Gasteiger partial charge in [-0.05, 0) is 37.1 Å². The van der Waals surface area contributed by atoms with Crippen molar-refractivity contribution in [3.8, 4) is 5.75 Å². The third kappa shape index (κ3) is 3.35. The van der Waals surface area contributed by atoms with E-state index in [9.17, 15) is 4.79 Å². The minimum absolute atomic E-state index is 0.000297. The van der Waals surface area contributed by atoms with Crippen LogP contribution in [0.4, 0.5) is 5.82 Å². The fraction of sp³-hybridized carbons (Fsp3) is 0.368. The number of carbonyl (C=O) groups is 1. The summed E-state index contributed by atoms with van der Waals surface area (Å²) >= 11 is 0. The summed E-state index contributed by atoms with van der Waals surface area (Å²) in [5.41, 5.74) is 0.609. The Morgan fingerprint density at radius 1 is 1.25 bits per heavy atom. The average Bonchev–Trinajstić information content (AvgIpc) is 2.67. The highest BCUT2D eigenvalue weighted by molar-refractivity contribution is 5.97. The molecule has 0 radical (unpaired) electrons. The first kappa shape index (κ1) is 16.3. The first-order chi connectivity index (χ1) is 11.7. The molecule has 5 heteroatoms. The van der Waals surface area contributed by atoms with Crippen LogP contribution in [0.25, 0.3) is 0 Å². The van der Waals surface area contributed by atoms with Crippen molar-refractivity contribution in [2.75, 3.05) is 32.1 Å². The first-order valence-corrected chi connectivity index (χ1v) is 8.27. The van der Waals surface area contributed by atoms with Crippen molar-refractivity contribution in [2.45, 2.75) is 18.9 Å². The van der Waals surface area contributed by atoms with Gasteiger partial charge in [0.15, 0.2) is 0 Å². The molecule has 24 heavy (non-hydrogen) atoms. The number of anilines is 1. The predicted octanol–water partition coefficient (Wildman–Crippen LogP) is 2.83. The number of nitrogens with zero attached hydrogens (tertiary/aromatic N) is 3. The molecule has 1 amide bonds. The van der Waals surface area contributed by atoms with Gasteiger partial charge in [0.1, 0.15) is 11.6 Å². The van der Waals surface area contributed by atoms with Gasteiger partial charge < -0.3 is 14.5 Å². The van der Waals surface area contributed by atoms with Crippen molar-refractivity contribution >= 4 is 11.7 Å². The van der Waals surface area contributed by atoms with Crippen molar-refractivity contribution in [3.63, 3.8) is 0 Å². The number of ether oxygens (including phenoxy) is 1. The maximum Gasteiger partial charge on any atom is 0.257 e. The molecule has 2 aromatic rings. The number of piperidine rings is 1. The fourth-order valence-corrected chi connectivity index (χ4v) is 3.20. The second-order valence-corrected chi connectivity index (χ2v) is 6.05. The lowest BCUT2D eigenvalue weighted by Crippen LogP contribution is -2.48. The smallest absolute Gasteiger partial charge is 0.257 e. The molecule has 1 fully saturated rings. The SMILES string of the molecule is COc1ccccc1C(=O)N(C)C1CCCN(c2ccccn2)C1. The lowest BCUT2D eigenvalue weighted by molar-refractivity contribution is 0.0714. The summed E-state index contributed by atoms with van der Waals surface area (Å²) in [6, 6.07) is 13.5. The van der Waals surface area contributed by atoms with E-state index in [0.29, 0.717) is 11.3 Å². The molecule has 0 N–H and O–H groups in total. The zero-order valence-corrected chi connectivity index (χ0v) is 14.2. The zero-order chi connectivity index (χ0) is 16.9. The molecule has 5 nitrogen and oxygen atoms in total. The number of rotatable bonds is 4. The standard InChI is InChI=1S/C19H23N3O2/c1-21(19(23)16-9-3-4-10-17(16)24-2)15-8-7-13-22(14-15)18-11-5-6-12-20-18/h3-6,9-12,15H,7-8,13-14H2,1-2H3. The van der Waals surface area contributed by atoms with Crippen LogP contribution in [0.2, 0.25) is 0 Å². The molecule has 126 valence electrons. The van der Waals surface area contributed by atoms with Gasteiger partial charge in [0.25, 0.3) is 5.91 Å². The normalized spacial score (nSPS) is 17.4. The maximum atomic E-state index is 12.9. The van der Waals surface area contributed by atoms with Gasteiger partial charge in [-0.3, -0.25) is 4.79 Å². The molecule has 1 saturated heterocycles. The van der Waals surface area contributed by atoms with Crippen molar-refractivity contribution in [1.82, 2.24) is 9.88 Å². The van der Waals surface area contributed by atoms with E-state index in [-0.39, 0.29) is 11.9 Å². The Bertz CT molecular complexity index is 690.